The lowest BCUT2D eigenvalue weighted by Gasteiger charge is -2.24. The predicted octanol–water partition coefficient (Wildman–Crippen LogP) is 2.58. The third kappa shape index (κ3) is 7.22. The van der Waals surface area contributed by atoms with Crippen LogP contribution >= 0.6 is 7.82 Å². The second kappa shape index (κ2) is 9.78. The third-order valence-corrected chi connectivity index (χ3v) is 4.69. The van der Waals surface area contributed by atoms with Gasteiger partial charge in [0.05, 0.1) is 24.8 Å². The summed E-state index contributed by atoms with van der Waals surface area (Å²) in [5, 5.41) is 4.88. The lowest BCUT2D eigenvalue weighted by molar-refractivity contribution is -0.228. The van der Waals surface area contributed by atoms with Crippen molar-refractivity contribution in [3.63, 3.8) is 0 Å². The molecule has 26 heavy (non-hydrogen) atoms. The Morgan fingerprint density at radius 2 is 2.00 bits per heavy atom. The Bertz CT molecular complexity index is 781. The standard InChI is InChI=1S/C18H25N2O5P/c1-14(2)25-26(22,23)24-10-6-5-9-19-18(21)12-17-11-15-7-3-4-8-16(15)13-20-17/h3-4,7-8,11,13-14H,5-6,9-10,12H2,1-2H3,(H,19,21)(H,22,23)/p-1. The van der Waals surface area contributed by atoms with Crippen LogP contribution in [0, 0.1) is 0 Å². The highest BCUT2D eigenvalue weighted by Gasteiger charge is 2.11. The Hall–Kier alpha value is -1.79. The molecule has 0 spiro atoms. The fourth-order valence-electron chi connectivity index (χ4n) is 2.37. The normalized spacial score (nSPS) is 13.7. The fraction of sp³-hybridized carbons (Fsp3) is 0.444. The van der Waals surface area contributed by atoms with Crippen LogP contribution in [0.15, 0.2) is 36.5 Å². The van der Waals surface area contributed by atoms with Crippen LogP contribution in [-0.4, -0.2) is 30.1 Å². The van der Waals surface area contributed by atoms with Crippen molar-refractivity contribution >= 4 is 24.5 Å². The number of fused-ring (bicyclic) bond motifs is 1. The first-order valence-electron chi connectivity index (χ1n) is 8.60. The number of amides is 1. The van der Waals surface area contributed by atoms with Gasteiger partial charge in [-0.05, 0) is 38.1 Å². The van der Waals surface area contributed by atoms with Crippen LogP contribution in [0.1, 0.15) is 32.4 Å². The van der Waals surface area contributed by atoms with E-state index in [1.165, 1.54) is 0 Å². The number of carbonyl (C=O) groups excluding carboxylic acids is 1. The number of unbranched alkanes of at least 4 members (excludes halogenated alkanes) is 1. The Balaban J connectivity index is 1.65. The van der Waals surface area contributed by atoms with Crippen LogP contribution in [0.4, 0.5) is 0 Å². The summed E-state index contributed by atoms with van der Waals surface area (Å²) in [6, 6.07) is 9.75. The summed E-state index contributed by atoms with van der Waals surface area (Å²) in [5.41, 5.74) is 0.711. The maximum Gasteiger partial charge on any atom is 0.268 e. The van der Waals surface area contributed by atoms with Crippen molar-refractivity contribution in [3.05, 3.63) is 42.2 Å². The van der Waals surface area contributed by atoms with Gasteiger partial charge in [-0.2, -0.15) is 0 Å². The molecule has 1 unspecified atom stereocenters. The van der Waals surface area contributed by atoms with E-state index in [9.17, 15) is 14.3 Å². The van der Waals surface area contributed by atoms with Crippen LogP contribution < -0.4 is 10.2 Å². The van der Waals surface area contributed by atoms with Gasteiger partial charge in [0.25, 0.3) is 7.82 Å². The summed E-state index contributed by atoms with van der Waals surface area (Å²) >= 11 is 0. The highest BCUT2D eigenvalue weighted by molar-refractivity contribution is 7.45. The Kier molecular flexibility index (Phi) is 7.72. The number of pyridine rings is 1. The summed E-state index contributed by atoms with van der Waals surface area (Å²) in [6.45, 7) is 3.72. The van der Waals surface area contributed by atoms with Gasteiger partial charge in [0.15, 0.2) is 0 Å². The van der Waals surface area contributed by atoms with Crippen LogP contribution in [0.3, 0.4) is 0 Å². The fourth-order valence-corrected chi connectivity index (χ4v) is 3.30. The lowest BCUT2D eigenvalue weighted by Crippen LogP contribution is -2.26. The van der Waals surface area contributed by atoms with Crippen molar-refractivity contribution in [3.8, 4) is 0 Å². The van der Waals surface area contributed by atoms with Crippen molar-refractivity contribution in [2.75, 3.05) is 13.2 Å². The maximum atomic E-state index is 12.0. The predicted molar refractivity (Wildman–Crippen MR) is 97.5 cm³/mol. The number of aromatic nitrogens is 1. The molecule has 0 saturated heterocycles. The van der Waals surface area contributed by atoms with Gasteiger partial charge < -0.3 is 19.3 Å². The smallest absolute Gasteiger partial charge is 0.268 e. The summed E-state index contributed by atoms with van der Waals surface area (Å²) in [5.74, 6) is -0.119. The van der Waals surface area contributed by atoms with E-state index in [4.69, 9.17) is 4.52 Å². The first-order valence-corrected chi connectivity index (χ1v) is 10.1. The zero-order chi connectivity index (χ0) is 19.0. The number of nitrogens with zero attached hydrogens (tertiary/aromatic N) is 1. The van der Waals surface area contributed by atoms with Crippen molar-refractivity contribution in [2.24, 2.45) is 0 Å². The molecule has 142 valence electrons. The molecule has 0 radical (unpaired) electrons. The van der Waals surface area contributed by atoms with Gasteiger partial charge in [-0.15, -0.1) is 0 Å². The van der Waals surface area contributed by atoms with E-state index in [1.807, 2.05) is 30.3 Å². The Morgan fingerprint density at radius 1 is 1.27 bits per heavy atom. The zero-order valence-corrected chi connectivity index (χ0v) is 15.9. The monoisotopic (exact) mass is 379 g/mol. The average Bonchev–Trinajstić information content (AvgIpc) is 2.56. The molecule has 1 amide bonds. The molecule has 0 bridgehead atoms. The van der Waals surface area contributed by atoms with Gasteiger partial charge in [0.2, 0.25) is 5.91 Å². The van der Waals surface area contributed by atoms with Crippen LogP contribution in [0.2, 0.25) is 0 Å². The third-order valence-electron chi connectivity index (χ3n) is 3.51. The molecule has 0 saturated carbocycles. The topological polar surface area (TPSA) is 101 Å². The van der Waals surface area contributed by atoms with Crippen molar-refractivity contribution in [1.29, 1.82) is 0 Å². The molecule has 0 fully saturated rings. The molecule has 0 aliphatic carbocycles. The minimum atomic E-state index is -4.23. The highest BCUT2D eigenvalue weighted by Crippen LogP contribution is 2.39. The number of carbonyl (C=O) groups is 1. The second-order valence-electron chi connectivity index (χ2n) is 6.19. The molecule has 1 aromatic carbocycles. The SMILES string of the molecule is CC(C)OP(=O)([O-])OCCCCNC(=O)Cc1cc2ccccc2cn1. The zero-order valence-electron chi connectivity index (χ0n) is 15.0. The molecule has 1 heterocycles. The molecule has 1 N–H and O–H groups in total. The number of hydrogen-bond acceptors (Lipinski definition) is 6. The summed E-state index contributed by atoms with van der Waals surface area (Å²) in [7, 11) is -4.23. The number of rotatable bonds is 10. The second-order valence-corrected chi connectivity index (χ2v) is 7.55. The molecule has 1 aromatic heterocycles. The molecule has 0 aliphatic rings. The number of hydrogen-bond donors (Lipinski definition) is 1. The van der Waals surface area contributed by atoms with Crippen molar-refractivity contribution in [1.82, 2.24) is 10.3 Å². The lowest BCUT2D eigenvalue weighted by atomic mass is 10.1. The van der Waals surface area contributed by atoms with Crippen molar-refractivity contribution < 1.29 is 23.3 Å². The molecule has 0 aliphatic heterocycles. The molecule has 2 aromatic rings. The number of benzene rings is 1. The van der Waals surface area contributed by atoms with E-state index >= 15 is 0 Å². The average molecular weight is 379 g/mol. The Labute approximate surface area is 153 Å². The molecular weight excluding hydrogens is 355 g/mol. The van der Waals surface area contributed by atoms with E-state index in [0.29, 0.717) is 25.1 Å². The van der Waals surface area contributed by atoms with Gasteiger partial charge in [0.1, 0.15) is 0 Å². The van der Waals surface area contributed by atoms with E-state index in [-0.39, 0.29) is 18.9 Å². The van der Waals surface area contributed by atoms with E-state index < -0.39 is 13.9 Å². The summed E-state index contributed by atoms with van der Waals surface area (Å²) < 4.78 is 20.8. The first-order chi connectivity index (χ1) is 12.4. The van der Waals surface area contributed by atoms with E-state index in [0.717, 1.165) is 10.8 Å². The van der Waals surface area contributed by atoms with Crippen LogP contribution in [-0.2, 0) is 24.8 Å². The van der Waals surface area contributed by atoms with Gasteiger partial charge in [0, 0.05) is 18.1 Å². The summed E-state index contributed by atoms with van der Waals surface area (Å²) in [6.07, 6.45) is 2.64. The minimum absolute atomic E-state index is 0.0373. The molecular formula is C18H24N2O5P-. The maximum absolute atomic E-state index is 12.0. The number of phosphoric ester groups is 1. The Morgan fingerprint density at radius 3 is 2.73 bits per heavy atom. The molecule has 7 nitrogen and oxygen atoms in total. The van der Waals surface area contributed by atoms with Gasteiger partial charge >= 0.3 is 0 Å². The highest BCUT2D eigenvalue weighted by atomic mass is 31.2. The quantitative estimate of drug-likeness (QED) is 0.503. The largest absolute Gasteiger partial charge is 0.756 e. The van der Waals surface area contributed by atoms with Crippen molar-refractivity contribution in [2.45, 2.75) is 39.2 Å². The molecule has 8 heteroatoms. The van der Waals surface area contributed by atoms with Crippen LogP contribution in [0.5, 0.6) is 0 Å². The summed E-state index contributed by atoms with van der Waals surface area (Å²) in [4.78, 5) is 27.6. The van der Waals surface area contributed by atoms with Gasteiger partial charge in [-0.3, -0.25) is 14.3 Å². The first kappa shape index (κ1) is 20.5. The van der Waals surface area contributed by atoms with E-state index in [2.05, 4.69) is 14.8 Å². The van der Waals surface area contributed by atoms with Crippen LogP contribution in [0.25, 0.3) is 10.8 Å². The minimum Gasteiger partial charge on any atom is -0.756 e. The van der Waals surface area contributed by atoms with Gasteiger partial charge in [-0.25, -0.2) is 0 Å². The van der Waals surface area contributed by atoms with Gasteiger partial charge in [-0.1, -0.05) is 24.3 Å². The molecule has 2 rings (SSSR count). The van der Waals surface area contributed by atoms with E-state index in [1.54, 1.807) is 20.0 Å². The number of nitrogens with one attached hydrogen (secondary N) is 1. The number of phosphoric acid groups is 1. The molecule has 1 atom stereocenters.